The van der Waals surface area contributed by atoms with Crippen molar-refractivity contribution in [1.82, 2.24) is 20.0 Å². The summed E-state index contributed by atoms with van der Waals surface area (Å²) in [6.45, 7) is 3.39. The first-order chi connectivity index (χ1) is 12.0. The normalized spacial score (nSPS) is 23.6. The second-order valence-corrected chi connectivity index (χ2v) is 7.64. The van der Waals surface area contributed by atoms with E-state index in [1.54, 1.807) is 17.8 Å². The van der Waals surface area contributed by atoms with Gasteiger partial charge >= 0.3 is 0 Å². The predicted molar refractivity (Wildman–Crippen MR) is 93.0 cm³/mol. The summed E-state index contributed by atoms with van der Waals surface area (Å²) in [5.41, 5.74) is 1.01. The average molecular weight is 348 g/mol. The molecule has 1 aromatic heterocycles. The van der Waals surface area contributed by atoms with Crippen LogP contribution < -0.4 is 5.32 Å². The van der Waals surface area contributed by atoms with Crippen LogP contribution in [0.1, 0.15) is 48.3 Å². The third-order valence-corrected chi connectivity index (χ3v) is 5.48. The number of hydrogen-bond acceptors (Lipinski definition) is 4. The fraction of sp³-hybridized carbons (Fsp3) is 0.722. The van der Waals surface area contributed by atoms with E-state index in [1.807, 2.05) is 11.8 Å². The van der Waals surface area contributed by atoms with Crippen molar-refractivity contribution < 1.29 is 14.7 Å². The Morgan fingerprint density at radius 1 is 1.44 bits per heavy atom. The van der Waals surface area contributed by atoms with Gasteiger partial charge in [-0.25, -0.2) is 0 Å². The molecule has 138 valence electrons. The molecule has 1 aliphatic heterocycles. The first kappa shape index (κ1) is 17.9. The van der Waals surface area contributed by atoms with Crippen LogP contribution in [0.4, 0.5) is 0 Å². The Morgan fingerprint density at radius 3 is 2.84 bits per heavy atom. The van der Waals surface area contributed by atoms with Gasteiger partial charge in [0.1, 0.15) is 6.54 Å². The molecule has 1 aromatic rings. The monoisotopic (exact) mass is 348 g/mol. The second-order valence-electron chi connectivity index (χ2n) is 7.64. The third-order valence-electron chi connectivity index (χ3n) is 5.48. The van der Waals surface area contributed by atoms with E-state index in [9.17, 15) is 14.7 Å². The van der Waals surface area contributed by atoms with E-state index in [1.165, 1.54) is 12.8 Å². The lowest BCUT2D eigenvalue weighted by Gasteiger charge is -2.42. The van der Waals surface area contributed by atoms with Gasteiger partial charge in [-0.1, -0.05) is 12.8 Å². The van der Waals surface area contributed by atoms with Gasteiger partial charge in [0.05, 0.1) is 6.61 Å². The standard InChI is InChI=1S/C18H28N4O3/c1-13-8-15(20-22(13)10-16(24)19-2)17(25)21-7-3-6-18(11-21,12-23)9-14-4-5-14/h8,14,23H,3-7,9-12H2,1-2H3,(H,19,24)/t18-/m1/s1. The second kappa shape index (κ2) is 7.15. The molecule has 0 bridgehead atoms. The first-order valence-electron chi connectivity index (χ1n) is 9.11. The maximum atomic E-state index is 12.9. The van der Waals surface area contributed by atoms with Crippen molar-refractivity contribution in [3.63, 3.8) is 0 Å². The molecule has 2 amide bonds. The van der Waals surface area contributed by atoms with Crippen molar-refractivity contribution >= 4 is 11.8 Å². The van der Waals surface area contributed by atoms with Crippen LogP contribution in [0.5, 0.6) is 0 Å². The van der Waals surface area contributed by atoms with E-state index < -0.39 is 0 Å². The van der Waals surface area contributed by atoms with E-state index in [-0.39, 0.29) is 30.4 Å². The molecule has 0 radical (unpaired) electrons. The van der Waals surface area contributed by atoms with Gasteiger partial charge in [-0.2, -0.15) is 5.10 Å². The minimum Gasteiger partial charge on any atom is -0.396 e. The van der Waals surface area contributed by atoms with Crippen molar-refractivity contribution in [2.75, 3.05) is 26.7 Å². The highest BCUT2D eigenvalue weighted by molar-refractivity contribution is 5.92. The Hall–Kier alpha value is -1.89. The topological polar surface area (TPSA) is 87.5 Å². The SMILES string of the molecule is CNC(=O)Cn1nc(C(=O)N2CCC[C@@](CO)(CC3CC3)C2)cc1C. The minimum absolute atomic E-state index is 0.105. The smallest absolute Gasteiger partial charge is 0.274 e. The summed E-state index contributed by atoms with van der Waals surface area (Å²) in [5, 5.41) is 16.8. The molecule has 7 nitrogen and oxygen atoms in total. The van der Waals surface area contributed by atoms with Crippen LogP contribution in [-0.2, 0) is 11.3 Å². The number of aromatic nitrogens is 2. The van der Waals surface area contributed by atoms with Crippen molar-refractivity contribution in [3.05, 3.63) is 17.5 Å². The maximum Gasteiger partial charge on any atom is 0.274 e. The fourth-order valence-electron chi connectivity index (χ4n) is 3.83. The van der Waals surface area contributed by atoms with Crippen LogP contribution in [0.25, 0.3) is 0 Å². The highest BCUT2D eigenvalue weighted by Crippen LogP contribution is 2.44. The zero-order valence-electron chi connectivity index (χ0n) is 15.1. The van der Waals surface area contributed by atoms with Crippen LogP contribution in [0.3, 0.4) is 0 Å². The first-order valence-corrected chi connectivity index (χ1v) is 9.11. The van der Waals surface area contributed by atoms with Gasteiger partial charge in [0.15, 0.2) is 5.69 Å². The number of hydrogen-bond donors (Lipinski definition) is 2. The van der Waals surface area contributed by atoms with Crippen LogP contribution in [0.15, 0.2) is 6.07 Å². The van der Waals surface area contributed by atoms with Gasteiger partial charge in [-0.05, 0) is 38.2 Å². The molecule has 2 N–H and O–H groups in total. The highest BCUT2D eigenvalue weighted by atomic mass is 16.3. The number of rotatable bonds is 6. The third kappa shape index (κ3) is 4.03. The van der Waals surface area contributed by atoms with Crippen molar-refractivity contribution in [1.29, 1.82) is 0 Å². The molecular weight excluding hydrogens is 320 g/mol. The summed E-state index contributed by atoms with van der Waals surface area (Å²) in [4.78, 5) is 26.3. The van der Waals surface area contributed by atoms with Gasteiger partial charge in [0.25, 0.3) is 5.91 Å². The number of aryl methyl sites for hydroxylation is 1. The van der Waals surface area contributed by atoms with E-state index in [0.717, 1.165) is 30.9 Å². The van der Waals surface area contributed by atoms with Crippen LogP contribution >= 0.6 is 0 Å². The number of nitrogens with one attached hydrogen (secondary N) is 1. The summed E-state index contributed by atoms with van der Waals surface area (Å²) in [7, 11) is 1.58. The highest BCUT2D eigenvalue weighted by Gasteiger charge is 2.41. The van der Waals surface area contributed by atoms with E-state index in [0.29, 0.717) is 18.8 Å². The molecule has 7 heteroatoms. The Balaban J connectivity index is 1.71. The quantitative estimate of drug-likeness (QED) is 0.801. The number of carbonyl (C=O) groups excluding carboxylic acids is 2. The number of likely N-dealkylation sites (N-methyl/N-ethyl adjacent to an activating group) is 1. The maximum absolute atomic E-state index is 12.9. The lowest BCUT2D eigenvalue weighted by atomic mass is 9.76. The lowest BCUT2D eigenvalue weighted by Crippen LogP contribution is -2.48. The molecule has 3 rings (SSSR count). The average Bonchev–Trinajstić information content (AvgIpc) is 3.35. The Bertz CT molecular complexity index is 653. The number of amides is 2. The molecule has 2 aliphatic rings. The van der Waals surface area contributed by atoms with Crippen molar-refractivity contribution in [2.45, 2.75) is 45.6 Å². The molecule has 25 heavy (non-hydrogen) atoms. The van der Waals surface area contributed by atoms with E-state index >= 15 is 0 Å². The molecular formula is C18H28N4O3. The fourth-order valence-corrected chi connectivity index (χ4v) is 3.83. The molecule has 1 saturated carbocycles. The number of carbonyl (C=O) groups is 2. The zero-order valence-corrected chi connectivity index (χ0v) is 15.1. The molecule has 2 fully saturated rings. The summed E-state index contributed by atoms with van der Waals surface area (Å²) in [6.07, 6.45) is 5.40. The van der Waals surface area contributed by atoms with Crippen LogP contribution in [0, 0.1) is 18.3 Å². The van der Waals surface area contributed by atoms with Crippen molar-refractivity contribution in [2.24, 2.45) is 11.3 Å². The van der Waals surface area contributed by atoms with Gasteiger partial charge in [0, 0.05) is 31.2 Å². The minimum atomic E-state index is -0.158. The number of aliphatic hydroxyl groups is 1. The Kier molecular flexibility index (Phi) is 5.13. The Labute approximate surface area is 148 Å². The van der Waals surface area contributed by atoms with E-state index in [4.69, 9.17) is 0 Å². The van der Waals surface area contributed by atoms with Gasteiger partial charge in [-0.15, -0.1) is 0 Å². The Morgan fingerprint density at radius 2 is 2.20 bits per heavy atom. The van der Waals surface area contributed by atoms with E-state index in [2.05, 4.69) is 10.4 Å². The number of nitrogens with zero attached hydrogens (tertiary/aromatic N) is 3. The van der Waals surface area contributed by atoms with Crippen LogP contribution in [-0.4, -0.2) is 58.3 Å². The molecule has 0 unspecified atom stereocenters. The zero-order chi connectivity index (χ0) is 18.0. The van der Waals surface area contributed by atoms with Crippen molar-refractivity contribution in [3.8, 4) is 0 Å². The van der Waals surface area contributed by atoms with Crippen LogP contribution in [0.2, 0.25) is 0 Å². The lowest BCUT2D eigenvalue weighted by molar-refractivity contribution is -0.121. The molecule has 1 saturated heterocycles. The predicted octanol–water partition coefficient (Wildman–Crippen LogP) is 0.952. The largest absolute Gasteiger partial charge is 0.396 e. The number of aliphatic hydroxyl groups excluding tert-OH is 1. The van der Waals surface area contributed by atoms with Gasteiger partial charge in [-0.3, -0.25) is 14.3 Å². The van der Waals surface area contributed by atoms with Gasteiger partial charge < -0.3 is 15.3 Å². The molecule has 1 atom stereocenters. The summed E-state index contributed by atoms with van der Waals surface area (Å²) < 4.78 is 1.56. The molecule has 0 spiro atoms. The molecule has 1 aliphatic carbocycles. The van der Waals surface area contributed by atoms with Gasteiger partial charge in [0.2, 0.25) is 5.91 Å². The number of likely N-dealkylation sites (tertiary alicyclic amines) is 1. The molecule has 0 aromatic carbocycles. The molecule has 2 heterocycles. The summed E-state index contributed by atoms with van der Waals surface area (Å²) >= 11 is 0. The number of piperidine rings is 1. The summed E-state index contributed by atoms with van der Waals surface area (Å²) in [6, 6.07) is 1.74. The summed E-state index contributed by atoms with van der Waals surface area (Å²) in [5.74, 6) is 0.468.